The summed E-state index contributed by atoms with van der Waals surface area (Å²) in [5.74, 6) is 0.800. The number of hydrogen-bond acceptors (Lipinski definition) is 2. The first-order valence-electron chi connectivity index (χ1n) is 7.68. The van der Waals surface area contributed by atoms with Crippen molar-refractivity contribution in [1.82, 2.24) is 10.2 Å². The summed E-state index contributed by atoms with van der Waals surface area (Å²) in [7, 11) is 0. The van der Waals surface area contributed by atoms with Crippen LogP contribution in [0.1, 0.15) is 45.1 Å². The Hall–Kier alpha value is -1.35. The highest BCUT2D eigenvalue weighted by Gasteiger charge is 2.32. The van der Waals surface area contributed by atoms with Gasteiger partial charge in [-0.1, -0.05) is 37.3 Å². The first kappa shape index (κ1) is 15.0. The summed E-state index contributed by atoms with van der Waals surface area (Å²) in [6.07, 6.45) is 2.01. The van der Waals surface area contributed by atoms with Crippen LogP contribution in [0.15, 0.2) is 30.3 Å². The van der Waals surface area contributed by atoms with Crippen molar-refractivity contribution < 1.29 is 4.79 Å². The van der Waals surface area contributed by atoms with Gasteiger partial charge in [-0.3, -0.25) is 4.79 Å². The summed E-state index contributed by atoms with van der Waals surface area (Å²) >= 11 is 0. The Bertz CT molecular complexity index is 430. The molecule has 2 rings (SSSR count). The number of rotatable bonds is 6. The minimum absolute atomic E-state index is 0.0281. The molecular formula is C17H26N2O. The van der Waals surface area contributed by atoms with Gasteiger partial charge in [0.15, 0.2) is 0 Å². The van der Waals surface area contributed by atoms with Gasteiger partial charge in [0.25, 0.3) is 0 Å². The maximum Gasteiger partial charge on any atom is 0.240 e. The minimum atomic E-state index is 0.0281. The lowest BCUT2D eigenvalue weighted by Gasteiger charge is -2.21. The fourth-order valence-electron chi connectivity index (χ4n) is 2.83. The Balaban J connectivity index is 1.75. The van der Waals surface area contributed by atoms with Gasteiger partial charge in [-0.15, -0.1) is 0 Å². The zero-order valence-corrected chi connectivity index (χ0v) is 12.8. The first-order valence-corrected chi connectivity index (χ1v) is 7.68. The molecule has 1 amide bonds. The molecule has 0 bridgehead atoms. The van der Waals surface area contributed by atoms with Gasteiger partial charge in [-0.25, -0.2) is 0 Å². The van der Waals surface area contributed by atoms with Crippen LogP contribution in [-0.2, 0) is 4.79 Å². The molecule has 0 saturated carbocycles. The van der Waals surface area contributed by atoms with Crippen LogP contribution in [0, 0.1) is 0 Å². The average Bonchev–Trinajstić information content (AvgIpc) is 2.81. The molecule has 3 nitrogen and oxygen atoms in total. The van der Waals surface area contributed by atoms with Gasteiger partial charge in [0.1, 0.15) is 0 Å². The van der Waals surface area contributed by atoms with Crippen LogP contribution >= 0.6 is 0 Å². The number of carbonyl (C=O) groups is 1. The molecule has 0 aromatic heterocycles. The minimum Gasteiger partial charge on any atom is -0.339 e. The van der Waals surface area contributed by atoms with Gasteiger partial charge in [-0.2, -0.15) is 0 Å². The first-order chi connectivity index (χ1) is 9.59. The predicted molar refractivity (Wildman–Crippen MR) is 82.7 cm³/mol. The molecule has 110 valence electrons. The molecular weight excluding hydrogens is 248 g/mol. The second-order valence-corrected chi connectivity index (χ2v) is 6.02. The standard InChI is InChI=1S/C17H26N2O/c1-13(2)19-12-10-16(17(19)20)18-11-9-14(3)15-7-5-4-6-8-15/h4-8,13-14,16,18H,9-12H2,1-3H3. The molecule has 0 spiro atoms. The van der Waals surface area contributed by atoms with Crippen LogP contribution in [0.4, 0.5) is 0 Å². The lowest BCUT2D eigenvalue weighted by Crippen LogP contribution is -2.41. The molecule has 1 saturated heterocycles. The maximum atomic E-state index is 12.2. The topological polar surface area (TPSA) is 32.3 Å². The predicted octanol–water partition coefficient (Wildman–Crippen LogP) is 2.78. The summed E-state index contributed by atoms with van der Waals surface area (Å²) < 4.78 is 0. The van der Waals surface area contributed by atoms with E-state index < -0.39 is 0 Å². The monoisotopic (exact) mass is 274 g/mol. The van der Waals surface area contributed by atoms with Crippen molar-refractivity contribution in [3.05, 3.63) is 35.9 Å². The fraction of sp³-hybridized carbons (Fsp3) is 0.588. The quantitative estimate of drug-likeness (QED) is 0.865. The summed E-state index contributed by atoms with van der Waals surface area (Å²) in [6.45, 7) is 8.20. The van der Waals surface area contributed by atoms with E-state index in [1.54, 1.807) is 0 Å². The lowest BCUT2D eigenvalue weighted by molar-refractivity contribution is -0.130. The lowest BCUT2D eigenvalue weighted by atomic mass is 9.98. The van der Waals surface area contributed by atoms with Gasteiger partial charge >= 0.3 is 0 Å². The average molecular weight is 274 g/mol. The molecule has 1 aromatic rings. The third kappa shape index (κ3) is 3.60. The molecule has 1 aliphatic rings. The number of benzene rings is 1. The van der Waals surface area contributed by atoms with Crippen LogP contribution in [0.2, 0.25) is 0 Å². The Morgan fingerprint density at radius 2 is 1.95 bits per heavy atom. The Morgan fingerprint density at radius 1 is 1.25 bits per heavy atom. The molecule has 3 heteroatoms. The number of hydrogen-bond donors (Lipinski definition) is 1. The van der Waals surface area contributed by atoms with E-state index in [-0.39, 0.29) is 11.9 Å². The molecule has 1 heterocycles. The number of nitrogens with one attached hydrogen (secondary N) is 1. The molecule has 1 fully saturated rings. The van der Waals surface area contributed by atoms with Crippen molar-refractivity contribution >= 4 is 5.91 Å². The van der Waals surface area contributed by atoms with Crippen molar-refractivity contribution in [2.45, 2.75) is 51.6 Å². The van der Waals surface area contributed by atoms with E-state index in [2.05, 4.69) is 50.4 Å². The van der Waals surface area contributed by atoms with Crippen molar-refractivity contribution in [2.24, 2.45) is 0 Å². The van der Waals surface area contributed by atoms with E-state index in [9.17, 15) is 4.79 Å². The number of nitrogens with zero attached hydrogens (tertiary/aromatic N) is 1. The molecule has 2 unspecified atom stereocenters. The maximum absolute atomic E-state index is 12.2. The SMILES string of the molecule is CC(CCNC1CCN(C(C)C)C1=O)c1ccccc1. The van der Waals surface area contributed by atoms with Crippen LogP contribution in [0.25, 0.3) is 0 Å². The summed E-state index contributed by atoms with van der Waals surface area (Å²) in [4.78, 5) is 14.1. The van der Waals surface area contributed by atoms with E-state index in [1.165, 1.54) is 5.56 Å². The van der Waals surface area contributed by atoms with E-state index in [0.717, 1.165) is 25.9 Å². The Morgan fingerprint density at radius 3 is 2.55 bits per heavy atom. The Kier molecular flexibility index (Phi) is 5.18. The highest BCUT2D eigenvalue weighted by atomic mass is 16.2. The molecule has 0 radical (unpaired) electrons. The smallest absolute Gasteiger partial charge is 0.240 e. The van der Waals surface area contributed by atoms with E-state index >= 15 is 0 Å². The van der Waals surface area contributed by atoms with E-state index in [4.69, 9.17) is 0 Å². The third-order valence-electron chi connectivity index (χ3n) is 4.20. The van der Waals surface area contributed by atoms with Crippen molar-refractivity contribution in [2.75, 3.05) is 13.1 Å². The fourth-order valence-corrected chi connectivity index (χ4v) is 2.83. The zero-order valence-electron chi connectivity index (χ0n) is 12.8. The molecule has 20 heavy (non-hydrogen) atoms. The van der Waals surface area contributed by atoms with Crippen LogP contribution in [0.5, 0.6) is 0 Å². The van der Waals surface area contributed by atoms with Crippen molar-refractivity contribution in [3.63, 3.8) is 0 Å². The Labute approximate surface area is 122 Å². The van der Waals surface area contributed by atoms with Crippen LogP contribution < -0.4 is 5.32 Å². The third-order valence-corrected chi connectivity index (χ3v) is 4.20. The molecule has 0 aliphatic carbocycles. The summed E-state index contributed by atoms with van der Waals surface area (Å²) in [6, 6.07) is 10.9. The van der Waals surface area contributed by atoms with Gasteiger partial charge < -0.3 is 10.2 Å². The van der Waals surface area contributed by atoms with Crippen molar-refractivity contribution in [3.8, 4) is 0 Å². The van der Waals surface area contributed by atoms with Gasteiger partial charge in [0.05, 0.1) is 6.04 Å². The van der Waals surface area contributed by atoms with Gasteiger partial charge in [-0.05, 0) is 44.7 Å². The normalized spacial score (nSPS) is 20.7. The summed E-state index contributed by atoms with van der Waals surface area (Å²) in [5.41, 5.74) is 1.37. The van der Waals surface area contributed by atoms with Crippen molar-refractivity contribution in [1.29, 1.82) is 0 Å². The van der Waals surface area contributed by atoms with E-state index in [0.29, 0.717) is 12.0 Å². The number of likely N-dealkylation sites (tertiary alicyclic amines) is 1. The summed E-state index contributed by atoms with van der Waals surface area (Å²) in [5, 5.41) is 3.43. The zero-order chi connectivity index (χ0) is 14.5. The molecule has 2 atom stereocenters. The number of amides is 1. The van der Waals surface area contributed by atoms with E-state index in [1.807, 2.05) is 11.0 Å². The molecule has 1 aliphatic heterocycles. The molecule has 1 N–H and O–H groups in total. The largest absolute Gasteiger partial charge is 0.339 e. The van der Waals surface area contributed by atoms with Crippen LogP contribution in [0.3, 0.4) is 0 Å². The highest BCUT2D eigenvalue weighted by molar-refractivity contribution is 5.84. The highest BCUT2D eigenvalue weighted by Crippen LogP contribution is 2.19. The van der Waals surface area contributed by atoms with Gasteiger partial charge in [0, 0.05) is 12.6 Å². The molecule has 1 aromatic carbocycles. The van der Waals surface area contributed by atoms with Gasteiger partial charge in [0.2, 0.25) is 5.91 Å². The second-order valence-electron chi connectivity index (χ2n) is 6.02. The van der Waals surface area contributed by atoms with Crippen LogP contribution in [-0.4, -0.2) is 36.0 Å². The second kappa shape index (κ2) is 6.89. The number of carbonyl (C=O) groups excluding carboxylic acids is 1.